The molecule has 0 saturated heterocycles. The van der Waals surface area contributed by atoms with Gasteiger partial charge in [0, 0.05) is 13.2 Å². The predicted molar refractivity (Wildman–Crippen MR) is 71.7 cm³/mol. The summed E-state index contributed by atoms with van der Waals surface area (Å²) in [6.45, 7) is 5.35. The van der Waals surface area contributed by atoms with Crippen molar-refractivity contribution in [3.05, 3.63) is 27.7 Å². The number of halogens is 2. The van der Waals surface area contributed by atoms with E-state index >= 15 is 0 Å². The van der Waals surface area contributed by atoms with E-state index < -0.39 is 0 Å². The smallest absolute Gasteiger partial charge is 0.191 e. The summed E-state index contributed by atoms with van der Waals surface area (Å²) in [5.41, 5.74) is 0. The molecule has 1 aromatic carbocycles. The van der Waals surface area contributed by atoms with E-state index in [0.29, 0.717) is 30.6 Å². The Morgan fingerprint density at radius 1 is 1.24 bits per heavy atom. The van der Waals surface area contributed by atoms with Gasteiger partial charge in [-0.1, -0.05) is 17.7 Å². The van der Waals surface area contributed by atoms with Crippen LogP contribution in [0.3, 0.4) is 0 Å². The highest BCUT2D eigenvalue weighted by Crippen LogP contribution is 2.31. The van der Waals surface area contributed by atoms with E-state index in [2.05, 4.69) is 15.9 Å². The monoisotopic (exact) mass is 322 g/mol. The molecule has 0 aliphatic heterocycles. The van der Waals surface area contributed by atoms with Gasteiger partial charge in [-0.3, -0.25) is 0 Å². The second-order valence-electron chi connectivity index (χ2n) is 3.20. The molecular formula is C12H16BrClO3. The summed E-state index contributed by atoms with van der Waals surface area (Å²) in [5.74, 6) is 0.682. The van der Waals surface area contributed by atoms with E-state index in [4.69, 9.17) is 25.8 Å². The lowest BCUT2D eigenvalue weighted by molar-refractivity contribution is -0.152. The minimum absolute atomic E-state index is 0.334. The molecule has 0 aliphatic rings. The fourth-order valence-corrected chi connectivity index (χ4v) is 1.81. The summed E-state index contributed by atoms with van der Waals surface area (Å²) in [7, 11) is 0. The molecule has 17 heavy (non-hydrogen) atoms. The Kier molecular flexibility index (Phi) is 6.89. The van der Waals surface area contributed by atoms with Crippen LogP contribution in [-0.4, -0.2) is 26.1 Å². The highest BCUT2D eigenvalue weighted by Gasteiger charge is 2.11. The van der Waals surface area contributed by atoms with Gasteiger partial charge in [-0.2, -0.15) is 0 Å². The molecule has 0 heterocycles. The van der Waals surface area contributed by atoms with Crippen LogP contribution >= 0.6 is 27.5 Å². The van der Waals surface area contributed by atoms with Crippen LogP contribution in [0.1, 0.15) is 13.8 Å². The topological polar surface area (TPSA) is 27.7 Å². The summed E-state index contributed by atoms with van der Waals surface area (Å²) in [5, 5.41) is 0.617. The van der Waals surface area contributed by atoms with Crippen LogP contribution in [-0.2, 0) is 9.47 Å². The maximum atomic E-state index is 5.96. The van der Waals surface area contributed by atoms with Crippen molar-refractivity contribution in [2.45, 2.75) is 20.1 Å². The van der Waals surface area contributed by atoms with Gasteiger partial charge in [-0.25, -0.2) is 0 Å². The van der Waals surface area contributed by atoms with Crippen molar-refractivity contribution in [1.29, 1.82) is 0 Å². The Hall–Kier alpha value is -0.290. The average Bonchev–Trinajstić information content (AvgIpc) is 2.31. The van der Waals surface area contributed by atoms with Crippen LogP contribution in [0.5, 0.6) is 5.75 Å². The largest absolute Gasteiger partial charge is 0.487 e. The Morgan fingerprint density at radius 3 is 2.47 bits per heavy atom. The Labute approximate surface area is 115 Å². The van der Waals surface area contributed by atoms with Crippen LogP contribution in [0.2, 0.25) is 5.02 Å². The molecule has 3 nitrogen and oxygen atoms in total. The van der Waals surface area contributed by atoms with E-state index in [1.807, 2.05) is 26.0 Å². The van der Waals surface area contributed by atoms with Crippen LogP contribution in [0, 0.1) is 0 Å². The SMILES string of the molecule is CCOC(COc1cccc(Cl)c1Br)OCC. The van der Waals surface area contributed by atoms with Gasteiger partial charge in [0.25, 0.3) is 0 Å². The zero-order valence-electron chi connectivity index (χ0n) is 9.91. The zero-order chi connectivity index (χ0) is 12.7. The lowest BCUT2D eigenvalue weighted by Crippen LogP contribution is -2.25. The second-order valence-corrected chi connectivity index (χ2v) is 4.40. The maximum absolute atomic E-state index is 5.96. The molecule has 0 aliphatic carbocycles. The van der Waals surface area contributed by atoms with Crippen LogP contribution in [0.15, 0.2) is 22.7 Å². The van der Waals surface area contributed by atoms with Gasteiger partial charge < -0.3 is 14.2 Å². The Bertz CT molecular complexity index is 341. The van der Waals surface area contributed by atoms with Gasteiger partial charge in [0.1, 0.15) is 12.4 Å². The van der Waals surface area contributed by atoms with Gasteiger partial charge >= 0.3 is 0 Å². The first-order chi connectivity index (χ1) is 8.19. The van der Waals surface area contributed by atoms with Gasteiger partial charge in [-0.05, 0) is 41.9 Å². The first kappa shape index (κ1) is 14.8. The minimum Gasteiger partial charge on any atom is -0.487 e. The average molecular weight is 324 g/mol. The highest BCUT2D eigenvalue weighted by atomic mass is 79.9. The van der Waals surface area contributed by atoms with Crippen LogP contribution in [0.25, 0.3) is 0 Å². The third-order valence-corrected chi connectivity index (χ3v) is 3.36. The summed E-state index contributed by atoms with van der Waals surface area (Å²) >= 11 is 9.33. The molecule has 1 rings (SSSR count). The van der Waals surface area contributed by atoms with Crippen molar-refractivity contribution >= 4 is 27.5 Å². The lowest BCUT2D eigenvalue weighted by Gasteiger charge is -2.18. The number of hydrogen-bond donors (Lipinski definition) is 0. The van der Waals surface area contributed by atoms with E-state index in [1.165, 1.54) is 0 Å². The van der Waals surface area contributed by atoms with Crippen molar-refractivity contribution in [1.82, 2.24) is 0 Å². The maximum Gasteiger partial charge on any atom is 0.191 e. The number of benzene rings is 1. The Balaban J connectivity index is 2.55. The molecule has 0 fully saturated rings. The normalized spacial score (nSPS) is 10.9. The summed E-state index contributed by atoms with van der Waals surface area (Å²) in [4.78, 5) is 0. The van der Waals surface area contributed by atoms with Gasteiger partial charge in [0.05, 0.1) is 9.50 Å². The molecule has 0 amide bonds. The summed E-state index contributed by atoms with van der Waals surface area (Å²) in [6, 6.07) is 5.46. The zero-order valence-corrected chi connectivity index (χ0v) is 12.3. The van der Waals surface area contributed by atoms with Crippen molar-refractivity contribution in [3.63, 3.8) is 0 Å². The Morgan fingerprint density at radius 2 is 1.88 bits per heavy atom. The van der Waals surface area contributed by atoms with E-state index in [0.717, 1.165) is 4.47 Å². The fourth-order valence-electron chi connectivity index (χ4n) is 1.27. The molecule has 0 atom stereocenters. The van der Waals surface area contributed by atoms with Gasteiger partial charge in [0.15, 0.2) is 6.29 Å². The molecule has 0 aromatic heterocycles. The van der Waals surface area contributed by atoms with Crippen molar-refractivity contribution in [3.8, 4) is 5.75 Å². The van der Waals surface area contributed by atoms with Crippen molar-refractivity contribution in [2.24, 2.45) is 0 Å². The van der Waals surface area contributed by atoms with Crippen LogP contribution < -0.4 is 4.74 Å². The molecule has 5 heteroatoms. The summed E-state index contributed by atoms with van der Waals surface area (Å²) < 4.78 is 17.1. The van der Waals surface area contributed by atoms with Gasteiger partial charge in [-0.15, -0.1) is 0 Å². The number of rotatable bonds is 7. The fraction of sp³-hybridized carbons (Fsp3) is 0.500. The first-order valence-electron chi connectivity index (χ1n) is 5.49. The first-order valence-corrected chi connectivity index (χ1v) is 6.66. The molecule has 0 spiro atoms. The van der Waals surface area contributed by atoms with Crippen molar-refractivity contribution in [2.75, 3.05) is 19.8 Å². The highest BCUT2D eigenvalue weighted by molar-refractivity contribution is 9.10. The van der Waals surface area contributed by atoms with Crippen molar-refractivity contribution < 1.29 is 14.2 Å². The van der Waals surface area contributed by atoms with E-state index in [9.17, 15) is 0 Å². The second kappa shape index (κ2) is 7.93. The van der Waals surface area contributed by atoms with E-state index in [-0.39, 0.29) is 6.29 Å². The molecule has 0 radical (unpaired) electrons. The minimum atomic E-state index is -0.351. The third kappa shape index (κ3) is 4.84. The van der Waals surface area contributed by atoms with E-state index in [1.54, 1.807) is 6.07 Å². The molecule has 0 bridgehead atoms. The summed E-state index contributed by atoms with van der Waals surface area (Å²) in [6.07, 6.45) is -0.351. The lowest BCUT2D eigenvalue weighted by atomic mass is 10.3. The molecule has 0 saturated carbocycles. The number of hydrogen-bond acceptors (Lipinski definition) is 3. The molecule has 1 aromatic rings. The van der Waals surface area contributed by atoms with Gasteiger partial charge in [0.2, 0.25) is 0 Å². The predicted octanol–water partition coefficient (Wildman–Crippen LogP) is 3.88. The van der Waals surface area contributed by atoms with Crippen LogP contribution in [0.4, 0.5) is 0 Å². The number of ether oxygens (including phenoxy) is 3. The quantitative estimate of drug-likeness (QED) is 0.713. The molecule has 0 unspecified atom stereocenters. The molecular weight excluding hydrogens is 307 g/mol. The third-order valence-electron chi connectivity index (χ3n) is 2.00. The molecule has 96 valence electrons. The standard InChI is InChI=1S/C12H16BrClO3/c1-3-15-11(16-4-2)8-17-10-7-5-6-9(14)12(10)13/h5-7,11H,3-4,8H2,1-2H3. The molecule has 0 N–H and O–H groups in total.